The molecule has 1 heterocycles. The van der Waals surface area contributed by atoms with Gasteiger partial charge in [-0.05, 0) is 49.9 Å². The van der Waals surface area contributed by atoms with E-state index >= 15 is 0 Å². The minimum Gasteiger partial charge on any atom is -0.354 e. The van der Waals surface area contributed by atoms with Crippen molar-refractivity contribution in [3.63, 3.8) is 0 Å². The second-order valence-electron chi connectivity index (χ2n) is 7.11. The molecule has 0 saturated carbocycles. The summed E-state index contributed by atoms with van der Waals surface area (Å²) in [5.41, 5.74) is 4.95. The molecule has 0 aliphatic heterocycles. The molecule has 0 radical (unpaired) electrons. The molecule has 28 heavy (non-hydrogen) atoms. The van der Waals surface area contributed by atoms with Gasteiger partial charge < -0.3 is 10.3 Å². The molecule has 3 aromatic rings. The minimum absolute atomic E-state index is 0.00877. The van der Waals surface area contributed by atoms with Crippen molar-refractivity contribution in [3.8, 4) is 0 Å². The van der Waals surface area contributed by atoms with Gasteiger partial charge in [-0.25, -0.2) is 4.98 Å². The third-order valence-corrected chi connectivity index (χ3v) is 5.42. The van der Waals surface area contributed by atoms with E-state index in [2.05, 4.69) is 21.4 Å². The predicted molar refractivity (Wildman–Crippen MR) is 114 cm³/mol. The number of nitrogens with zero attached hydrogens (tertiary/aromatic N) is 1. The fourth-order valence-corrected chi connectivity index (χ4v) is 3.82. The van der Waals surface area contributed by atoms with E-state index in [0.717, 1.165) is 34.6 Å². The van der Waals surface area contributed by atoms with E-state index in [1.165, 1.54) is 24.2 Å². The van der Waals surface area contributed by atoms with Crippen LogP contribution in [-0.4, -0.2) is 33.5 Å². The average Bonchev–Trinajstić information content (AvgIpc) is 3.06. The van der Waals surface area contributed by atoms with E-state index < -0.39 is 0 Å². The third-order valence-electron chi connectivity index (χ3n) is 4.55. The van der Waals surface area contributed by atoms with Crippen molar-refractivity contribution >= 4 is 34.5 Å². The lowest BCUT2D eigenvalue weighted by Gasteiger charge is -2.12. The van der Waals surface area contributed by atoms with E-state index in [9.17, 15) is 9.59 Å². The quantitative estimate of drug-likeness (QED) is 0.440. The number of nitrogens with one attached hydrogen (secondary N) is 2. The number of hydrogen-bond acceptors (Lipinski definition) is 4. The molecule has 0 aliphatic rings. The maximum absolute atomic E-state index is 12.5. The monoisotopic (exact) mass is 395 g/mol. The van der Waals surface area contributed by atoms with Crippen LogP contribution in [0.25, 0.3) is 11.0 Å². The molecule has 3 rings (SSSR count). The highest BCUT2D eigenvalue weighted by atomic mass is 32.2. The van der Waals surface area contributed by atoms with E-state index in [1.54, 1.807) is 0 Å². The summed E-state index contributed by atoms with van der Waals surface area (Å²) < 4.78 is 0. The summed E-state index contributed by atoms with van der Waals surface area (Å²) in [6.07, 6.45) is 1.73. The van der Waals surface area contributed by atoms with Crippen molar-refractivity contribution in [2.24, 2.45) is 0 Å². The summed E-state index contributed by atoms with van der Waals surface area (Å²) in [7, 11) is 0. The molecule has 1 aromatic heterocycles. The minimum atomic E-state index is -0.00877. The normalized spacial score (nSPS) is 12.1. The number of carbonyl (C=O) groups is 2. The molecule has 2 aromatic carbocycles. The maximum atomic E-state index is 12.5. The molecule has 0 fully saturated rings. The second-order valence-corrected chi connectivity index (χ2v) is 8.08. The highest BCUT2D eigenvalue weighted by Crippen LogP contribution is 2.21. The summed E-state index contributed by atoms with van der Waals surface area (Å²) in [4.78, 5) is 31.3. The largest absolute Gasteiger partial charge is 0.354 e. The molecule has 6 heteroatoms. The number of imidazole rings is 1. The average molecular weight is 396 g/mol. The van der Waals surface area contributed by atoms with Crippen molar-refractivity contribution in [2.75, 3.05) is 5.75 Å². The summed E-state index contributed by atoms with van der Waals surface area (Å²) in [6.45, 7) is 5.57. The topological polar surface area (TPSA) is 74.8 Å². The highest BCUT2D eigenvalue weighted by Gasteiger charge is 2.10. The number of thioether (sulfide) groups is 1. The lowest BCUT2D eigenvalue weighted by molar-refractivity contribution is -0.119. The van der Waals surface area contributed by atoms with Crippen LogP contribution in [0.5, 0.6) is 0 Å². The standard InChI is InChI=1S/C22H25N3O2S/c1-14-4-11-19-20(12-14)25-22(24-19)28-13-21(27)18-9-7-17(8-10-18)6-5-15(2)23-16(3)26/h4,7-12,15H,5-6,13H2,1-3H3,(H,23,26)(H,24,25)/t15-/m1/s1. The van der Waals surface area contributed by atoms with Crippen LogP contribution in [-0.2, 0) is 11.2 Å². The van der Waals surface area contributed by atoms with Crippen molar-refractivity contribution in [2.45, 2.75) is 44.8 Å². The van der Waals surface area contributed by atoms with Gasteiger partial charge in [0.05, 0.1) is 16.8 Å². The first-order valence-electron chi connectivity index (χ1n) is 9.39. The first kappa shape index (κ1) is 20.1. The number of rotatable bonds is 8. The molecule has 0 bridgehead atoms. The first-order chi connectivity index (χ1) is 13.4. The molecule has 0 unspecified atom stereocenters. The maximum Gasteiger partial charge on any atom is 0.217 e. The van der Waals surface area contributed by atoms with Gasteiger partial charge in [0.15, 0.2) is 10.9 Å². The molecule has 0 spiro atoms. The number of fused-ring (bicyclic) bond motifs is 1. The number of aryl methyl sites for hydroxylation is 2. The summed E-state index contributed by atoms with van der Waals surface area (Å²) >= 11 is 1.42. The molecule has 1 amide bonds. The van der Waals surface area contributed by atoms with Gasteiger partial charge in [0.2, 0.25) is 5.91 Å². The van der Waals surface area contributed by atoms with Crippen LogP contribution in [0.4, 0.5) is 0 Å². The molecule has 2 N–H and O–H groups in total. The van der Waals surface area contributed by atoms with Crippen LogP contribution in [0, 0.1) is 6.92 Å². The van der Waals surface area contributed by atoms with Crippen LogP contribution < -0.4 is 5.32 Å². The van der Waals surface area contributed by atoms with Crippen molar-refractivity contribution in [1.29, 1.82) is 0 Å². The van der Waals surface area contributed by atoms with Gasteiger partial charge in [0.1, 0.15) is 0 Å². The zero-order valence-corrected chi connectivity index (χ0v) is 17.2. The Hall–Kier alpha value is -2.60. The molecular formula is C22H25N3O2S. The van der Waals surface area contributed by atoms with Gasteiger partial charge in [0.25, 0.3) is 0 Å². The molecule has 5 nitrogen and oxygen atoms in total. The Morgan fingerprint density at radius 1 is 1.18 bits per heavy atom. The lowest BCUT2D eigenvalue weighted by Crippen LogP contribution is -2.30. The Morgan fingerprint density at radius 3 is 2.64 bits per heavy atom. The van der Waals surface area contributed by atoms with Gasteiger partial charge in [-0.3, -0.25) is 9.59 Å². The number of Topliss-reactive ketones (excluding diaryl/α,β-unsaturated/α-hetero) is 1. The number of hydrogen-bond donors (Lipinski definition) is 2. The lowest BCUT2D eigenvalue weighted by atomic mass is 10.0. The zero-order valence-electron chi connectivity index (χ0n) is 16.4. The number of amides is 1. The molecule has 0 aliphatic carbocycles. The Bertz CT molecular complexity index is 979. The smallest absolute Gasteiger partial charge is 0.217 e. The van der Waals surface area contributed by atoms with E-state index in [0.29, 0.717) is 11.3 Å². The molecule has 0 saturated heterocycles. The molecular weight excluding hydrogens is 370 g/mol. The Balaban J connectivity index is 1.53. The summed E-state index contributed by atoms with van der Waals surface area (Å²) in [5, 5.41) is 3.64. The molecule has 146 valence electrons. The zero-order chi connectivity index (χ0) is 20.1. The Kier molecular flexibility index (Phi) is 6.52. The van der Waals surface area contributed by atoms with E-state index in [1.807, 2.05) is 50.2 Å². The summed E-state index contributed by atoms with van der Waals surface area (Å²) in [6, 6.07) is 13.9. The van der Waals surface area contributed by atoms with E-state index in [-0.39, 0.29) is 17.7 Å². The van der Waals surface area contributed by atoms with Crippen LogP contribution in [0.1, 0.15) is 41.8 Å². The van der Waals surface area contributed by atoms with Gasteiger partial charge in [-0.15, -0.1) is 0 Å². The highest BCUT2D eigenvalue weighted by molar-refractivity contribution is 7.99. The number of H-pyrrole nitrogens is 1. The SMILES string of the molecule is CC(=O)N[C@H](C)CCc1ccc(C(=O)CSc2nc3ccc(C)cc3[nH]2)cc1. The van der Waals surface area contributed by atoms with Crippen LogP contribution >= 0.6 is 11.8 Å². The van der Waals surface area contributed by atoms with Crippen molar-refractivity contribution in [3.05, 3.63) is 59.2 Å². The number of benzene rings is 2. The fourth-order valence-electron chi connectivity index (χ4n) is 3.05. The van der Waals surface area contributed by atoms with Gasteiger partial charge in [0, 0.05) is 18.5 Å². The third kappa shape index (κ3) is 5.45. The number of aromatic amines is 1. The predicted octanol–water partition coefficient (Wildman–Crippen LogP) is 4.30. The van der Waals surface area contributed by atoms with Gasteiger partial charge in [-0.2, -0.15) is 0 Å². The summed E-state index contributed by atoms with van der Waals surface area (Å²) in [5.74, 6) is 0.419. The number of ketones is 1. The second kappa shape index (κ2) is 9.06. The Morgan fingerprint density at radius 2 is 1.93 bits per heavy atom. The van der Waals surface area contributed by atoms with Crippen LogP contribution in [0.2, 0.25) is 0 Å². The van der Waals surface area contributed by atoms with E-state index in [4.69, 9.17) is 0 Å². The van der Waals surface area contributed by atoms with Gasteiger partial charge in [-0.1, -0.05) is 42.1 Å². The first-order valence-corrected chi connectivity index (χ1v) is 10.4. The number of carbonyl (C=O) groups excluding carboxylic acids is 2. The Labute approximate surface area is 169 Å². The fraction of sp³-hybridized carbons (Fsp3) is 0.318. The molecule has 1 atom stereocenters. The van der Waals surface area contributed by atoms with Crippen molar-refractivity contribution < 1.29 is 9.59 Å². The van der Waals surface area contributed by atoms with Gasteiger partial charge >= 0.3 is 0 Å². The number of aromatic nitrogens is 2. The van der Waals surface area contributed by atoms with Crippen LogP contribution in [0.15, 0.2) is 47.6 Å². The van der Waals surface area contributed by atoms with Crippen molar-refractivity contribution in [1.82, 2.24) is 15.3 Å². The van der Waals surface area contributed by atoms with Crippen LogP contribution in [0.3, 0.4) is 0 Å².